The molecule has 12 heteroatoms. The van der Waals surface area contributed by atoms with Crippen molar-refractivity contribution < 1.29 is 32.5 Å². The molecule has 6 rings (SSSR count). The summed E-state index contributed by atoms with van der Waals surface area (Å²) in [6, 6.07) is 3.31. The molecule has 1 unspecified atom stereocenters. The zero-order valence-corrected chi connectivity index (χ0v) is 20.3. The average Bonchev–Trinajstić information content (AvgIpc) is 3.30. The minimum atomic E-state index is -3.06. The van der Waals surface area contributed by atoms with Crippen LogP contribution in [0.4, 0.5) is 14.6 Å². The predicted octanol–water partition coefficient (Wildman–Crippen LogP) is 4.00. The number of halogens is 3. The Balaban J connectivity index is 1.35. The van der Waals surface area contributed by atoms with Crippen molar-refractivity contribution >= 4 is 28.3 Å². The second-order valence-corrected chi connectivity index (χ2v) is 9.58. The summed E-state index contributed by atoms with van der Waals surface area (Å²) in [5.41, 5.74) is 0.998. The number of piperidine rings is 1. The number of rotatable bonds is 6. The molecular weight excluding hydrogens is 498 g/mol. The van der Waals surface area contributed by atoms with Gasteiger partial charge < -0.3 is 29.0 Å². The van der Waals surface area contributed by atoms with Crippen molar-refractivity contribution in [3.05, 3.63) is 40.7 Å². The summed E-state index contributed by atoms with van der Waals surface area (Å²) < 4.78 is 58.2. The van der Waals surface area contributed by atoms with Crippen molar-refractivity contribution in [2.75, 3.05) is 45.5 Å². The van der Waals surface area contributed by atoms with Crippen LogP contribution < -0.4 is 14.8 Å². The molecule has 3 aliphatic heterocycles. The molecule has 1 aromatic carbocycles. The van der Waals surface area contributed by atoms with Gasteiger partial charge in [-0.15, -0.1) is 0 Å². The SMILES string of the molecule is COc1cc(OC2CCN(C3COC3)CC2(F)F)c2c(NC3=C(Cl)CCC4=C3OCO4)ncnc2c1. The van der Waals surface area contributed by atoms with Crippen molar-refractivity contribution in [3.8, 4) is 11.5 Å². The van der Waals surface area contributed by atoms with Gasteiger partial charge in [0.25, 0.3) is 5.92 Å². The number of likely N-dealkylation sites (tertiary alicyclic amines) is 1. The number of ether oxygens (including phenoxy) is 5. The summed E-state index contributed by atoms with van der Waals surface area (Å²) in [5.74, 6) is -0.849. The van der Waals surface area contributed by atoms with Gasteiger partial charge in [0.15, 0.2) is 11.9 Å². The lowest BCUT2D eigenvalue weighted by molar-refractivity contribution is -0.169. The van der Waals surface area contributed by atoms with Crippen LogP contribution in [0.15, 0.2) is 40.7 Å². The highest BCUT2D eigenvalue weighted by molar-refractivity contribution is 6.30. The zero-order valence-electron chi connectivity index (χ0n) is 19.6. The Bertz CT molecular complexity index is 1250. The van der Waals surface area contributed by atoms with Crippen LogP contribution in [-0.4, -0.2) is 73.1 Å². The van der Waals surface area contributed by atoms with Crippen LogP contribution in [0.2, 0.25) is 0 Å². The van der Waals surface area contributed by atoms with E-state index >= 15 is 8.78 Å². The highest BCUT2D eigenvalue weighted by Crippen LogP contribution is 2.42. The number of methoxy groups -OCH3 is 1. The van der Waals surface area contributed by atoms with E-state index in [1.807, 2.05) is 0 Å². The van der Waals surface area contributed by atoms with E-state index in [0.717, 1.165) is 0 Å². The third-order valence-electron chi connectivity index (χ3n) is 6.88. The van der Waals surface area contributed by atoms with Gasteiger partial charge in [-0.1, -0.05) is 11.6 Å². The van der Waals surface area contributed by atoms with Crippen LogP contribution in [0.3, 0.4) is 0 Å². The van der Waals surface area contributed by atoms with Crippen molar-refractivity contribution in [3.63, 3.8) is 0 Å². The summed E-state index contributed by atoms with van der Waals surface area (Å²) in [7, 11) is 1.50. The molecule has 36 heavy (non-hydrogen) atoms. The van der Waals surface area contributed by atoms with Crippen LogP contribution in [-0.2, 0) is 14.2 Å². The van der Waals surface area contributed by atoms with Gasteiger partial charge in [0, 0.05) is 36.6 Å². The molecule has 1 atom stereocenters. The molecule has 1 aliphatic carbocycles. The molecule has 2 saturated heterocycles. The normalized spacial score (nSPS) is 24.2. The second kappa shape index (κ2) is 9.20. The first-order chi connectivity index (χ1) is 17.4. The first-order valence-electron chi connectivity index (χ1n) is 11.8. The summed E-state index contributed by atoms with van der Waals surface area (Å²) in [6.07, 6.45) is 1.42. The molecule has 1 aromatic heterocycles. The number of benzene rings is 1. The molecule has 0 radical (unpaired) electrons. The van der Waals surface area contributed by atoms with Crippen molar-refractivity contribution in [1.29, 1.82) is 0 Å². The summed E-state index contributed by atoms with van der Waals surface area (Å²) in [4.78, 5) is 10.5. The number of hydrogen-bond acceptors (Lipinski definition) is 9. The van der Waals surface area contributed by atoms with E-state index in [1.165, 1.54) is 13.4 Å². The molecular formula is C24H25ClF2N4O5. The number of hydrogen-bond donors (Lipinski definition) is 1. The Morgan fingerprint density at radius 2 is 2.06 bits per heavy atom. The molecule has 0 bridgehead atoms. The standard InChI is InChI=1S/C24H25ClF2N4O5/c1-32-14-6-16-20(18(7-14)36-19-4-5-31(10-24(19,26)27)13-8-33-9-13)23(29-11-28-16)30-21-15(25)2-3-17-22(21)35-12-34-17/h6-7,11,13,19H,2-5,8-10,12H2,1H3,(H,28,29,30). The van der Waals surface area contributed by atoms with Gasteiger partial charge in [0.1, 0.15) is 35.1 Å². The minimum Gasteiger partial charge on any atom is -0.497 e. The number of nitrogens with zero attached hydrogens (tertiary/aromatic N) is 3. The smallest absolute Gasteiger partial charge is 0.296 e. The summed E-state index contributed by atoms with van der Waals surface area (Å²) >= 11 is 6.53. The number of allylic oxidation sites excluding steroid dienone is 2. The van der Waals surface area contributed by atoms with E-state index in [2.05, 4.69) is 15.3 Å². The highest BCUT2D eigenvalue weighted by atomic mass is 35.5. The van der Waals surface area contributed by atoms with E-state index in [4.69, 9.17) is 35.3 Å². The lowest BCUT2D eigenvalue weighted by Gasteiger charge is -2.44. The van der Waals surface area contributed by atoms with Crippen molar-refractivity contribution in [2.24, 2.45) is 0 Å². The summed E-state index contributed by atoms with van der Waals surface area (Å²) in [5, 5.41) is 4.22. The fourth-order valence-electron chi connectivity index (χ4n) is 4.84. The molecule has 1 N–H and O–H groups in total. The van der Waals surface area contributed by atoms with Gasteiger partial charge in [-0.05, 0) is 6.42 Å². The quantitative estimate of drug-likeness (QED) is 0.605. The van der Waals surface area contributed by atoms with Crippen molar-refractivity contribution in [1.82, 2.24) is 14.9 Å². The Morgan fingerprint density at radius 1 is 1.19 bits per heavy atom. The maximum atomic E-state index is 15.2. The summed E-state index contributed by atoms with van der Waals surface area (Å²) in [6.45, 7) is 1.19. The van der Waals surface area contributed by atoms with E-state index in [1.54, 1.807) is 17.0 Å². The molecule has 0 amide bonds. The van der Waals surface area contributed by atoms with Gasteiger partial charge >= 0.3 is 0 Å². The minimum absolute atomic E-state index is 0.0353. The monoisotopic (exact) mass is 522 g/mol. The van der Waals surface area contributed by atoms with Crippen LogP contribution in [0.5, 0.6) is 11.5 Å². The first kappa shape index (κ1) is 23.5. The fourth-order valence-corrected chi connectivity index (χ4v) is 5.07. The maximum absolute atomic E-state index is 15.2. The largest absolute Gasteiger partial charge is 0.497 e. The zero-order chi connectivity index (χ0) is 24.9. The van der Waals surface area contributed by atoms with Gasteiger partial charge in [0.05, 0.1) is 43.8 Å². The van der Waals surface area contributed by atoms with E-state index in [-0.39, 0.29) is 31.5 Å². The van der Waals surface area contributed by atoms with E-state index in [0.29, 0.717) is 77.3 Å². The Hall–Kier alpha value is -2.89. The number of fused-ring (bicyclic) bond motifs is 1. The topological polar surface area (TPSA) is 87.2 Å². The Kier molecular flexibility index (Phi) is 6.01. The second-order valence-electron chi connectivity index (χ2n) is 9.12. The number of anilines is 1. The fraction of sp³-hybridized carbons (Fsp3) is 0.500. The third kappa shape index (κ3) is 4.18. The third-order valence-corrected chi connectivity index (χ3v) is 7.26. The van der Waals surface area contributed by atoms with Gasteiger partial charge in [-0.2, -0.15) is 0 Å². The molecule has 192 valence electrons. The molecule has 9 nitrogen and oxygen atoms in total. The van der Waals surface area contributed by atoms with Gasteiger partial charge in [-0.3, -0.25) is 4.90 Å². The lowest BCUT2D eigenvalue weighted by Crippen LogP contribution is -2.60. The molecule has 4 heterocycles. The van der Waals surface area contributed by atoms with E-state index in [9.17, 15) is 0 Å². The first-order valence-corrected chi connectivity index (χ1v) is 12.1. The molecule has 2 fully saturated rings. The average molecular weight is 523 g/mol. The van der Waals surface area contributed by atoms with Gasteiger partial charge in [0.2, 0.25) is 6.79 Å². The Morgan fingerprint density at radius 3 is 2.81 bits per heavy atom. The van der Waals surface area contributed by atoms with E-state index < -0.39 is 12.0 Å². The Labute approximate surface area is 211 Å². The van der Waals surface area contributed by atoms with Crippen molar-refractivity contribution in [2.45, 2.75) is 37.3 Å². The molecule has 4 aliphatic rings. The van der Waals surface area contributed by atoms with Gasteiger partial charge in [-0.25, -0.2) is 18.7 Å². The lowest BCUT2D eigenvalue weighted by atomic mass is 10.0. The highest BCUT2D eigenvalue weighted by Gasteiger charge is 2.49. The predicted molar refractivity (Wildman–Crippen MR) is 126 cm³/mol. The maximum Gasteiger partial charge on any atom is 0.296 e. The molecule has 2 aromatic rings. The molecule has 0 saturated carbocycles. The number of alkyl halides is 2. The van der Waals surface area contributed by atoms with Crippen LogP contribution in [0.25, 0.3) is 10.9 Å². The van der Waals surface area contributed by atoms with Crippen LogP contribution >= 0.6 is 11.6 Å². The van der Waals surface area contributed by atoms with Crippen LogP contribution in [0, 0.1) is 0 Å². The number of nitrogens with one attached hydrogen (secondary N) is 1. The number of aromatic nitrogens is 2. The molecule has 0 spiro atoms. The van der Waals surface area contributed by atoms with Crippen LogP contribution in [0.1, 0.15) is 19.3 Å².